The van der Waals surface area contributed by atoms with Crippen LogP contribution in [0.5, 0.6) is 0 Å². The lowest BCUT2D eigenvalue weighted by Crippen LogP contribution is -2.32. The molecule has 0 aliphatic heterocycles. The normalized spacial score (nSPS) is 12.3. The summed E-state index contributed by atoms with van der Waals surface area (Å²) in [6.07, 6.45) is 3.39. The molecule has 2 aromatic heterocycles. The summed E-state index contributed by atoms with van der Waals surface area (Å²) in [4.78, 5) is 30.8. The van der Waals surface area contributed by atoms with Crippen LogP contribution in [0.4, 0.5) is 0 Å². The van der Waals surface area contributed by atoms with Crippen molar-refractivity contribution in [1.82, 2.24) is 24.9 Å². The highest BCUT2D eigenvalue weighted by Gasteiger charge is 2.17. The van der Waals surface area contributed by atoms with E-state index in [1.807, 2.05) is 6.92 Å². The fourth-order valence-corrected chi connectivity index (χ4v) is 1.78. The highest BCUT2D eigenvalue weighted by Crippen LogP contribution is 2.10. The van der Waals surface area contributed by atoms with Crippen LogP contribution in [-0.4, -0.2) is 43.1 Å². The molecule has 0 saturated carbocycles. The van der Waals surface area contributed by atoms with Crippen molar-refractivity contribution in [1.29, 1.82) is 0 Å². The zero-order chi connectivity index (χ0) is 14.7. The van der Waals surface area contributed by atoms with E-state index in [9.17, 15) is 9.59 Å². The number of aromatic nitrogens is 4. The number of rotatable bonds is 5. The molecule has 1 unspecified atom stereocenters. The van der Waals surface area contributed by atoms with Crippen molar-refractivity contribution in [3.05, 3.63) is 23.8 Å². The number of amides is 1. The Hall–Kier alpha value is -2.51. The van der Waals surface area contributed by atoms with Crippen molar-refractivity contribution in [2.24, 2.45) is 5.92 Å². The van der Waals surface area contributed by atoms with Gasteiger partial charge in [0.05, 0.1) is 17.2 Å². The molecule has 2 heterocycles. The van der Waals surface area contributed by atoms with Crippen molar-refractivity contribution >= 4 is 17.7 Å². The zero-order valence-electron chi connectivity index (χ0n) is 11.2. The van der Waals surface area contributed by atoms with Gasteiger partial charge in [-0.05, 0) is 6.42 Å². The molecule has 0 fully saturated rings. The third-order valence-electron chi connectivity index (χ3n) is 2.98. The van der Waals surface area contributed by atoms with Crippen LogP contribution in [0.3, 0.4) is 0 Å². The molecule has 0 bridgehead atoms. The second-order valence-corrected chi connectivity index (χ2v) is 4.39. The van der Waals surface area contributed by atoms with Crippen molar-refractivity contribution < 1.29 is 14.7 Å². The molecule has 2 rings (SSSR count). The smallest absolute Gasteiger partial charge is 0.308 e. The summed E-state index contributed by atoms with van der Waals surface area (Å²) in [6.45, 7) is 3.49. The van der Waals surface area contributed by atoms with E-state index in [2.05, 4.69) is 20.4 Å². The predicted molar refractivity (Wildman–Crippen MR) is 69.3 cm³/mol. The zero-order valence-corrected chi connectivity index (χ0v) is 11.2. The number of hydrogen-bond acceptors (Lipinski definition) is 5. The molecule has 0 radical (unpaired) electrons. The summed E-state index contributed by atoms with van der Waals surface area (Å²) in [6, 6.07) is 0. The summed E-state index contributed by atoms with van der Waals surface area (Å²) in [7, 11) is 0. The lowest BCUT2D eigenvalue weighted by Gasteiger charge is -2.11. The monoisotopic (exact) mass is 277 g/mol. The van der Waals surface area contributed by atoms with Crippen molar-refractivity contribution in [3.63, 3.8) is 0 Å². The quantitative estimate of drug-likeness (QED) is 0.804. The summed E-state index contributed by atoms with van der Waals surface area (Å²) in [5.41, 5.74) is 1.07. The maximum absolute atomic E-state index is 12.1. The van der Waals surface area contributed by atoms with Crippen molar-refractivity contribution in [2.75, 3.05) is 6.54 Å². The van der Waals surface area contributed by atoms with Crippen molar-refractivity contribution in [3.8, 4) is 0 Å². The van der Waals surface area contributed by atoms with Gasteiger partial charge >= 0.3 is 5.97 Å². The number of nitrogens with one attached hydrogen (secondary N) is 1. The Bertz CT molecular complexity index is 652. The van der Waals surface area contributed by atoms with E-state index < -0.39 is 11.9 Å². The Morgan fingerprint density at radius 3 is 2.85 bits per heavy atom. The van der Waals surface area contributed by atoms with Gasteiger partial charge in [0.15, 0.2) is 0 Å². The number of carbonyl (C=O) groups is 2. The standard InChI is InChI=1S/C12H15N5O3/c1-3-9-8(5-14-12-15-6-16-17(9)12)10(18)13-4-7(2)11(19)20/h5-7H,3-4H2,1-2H3,(H,13,18)(H,19,20). The van der Waals surface area contributed by atoms with Crippen LogP contribution in [0.2, 0.25) is 0 Å². The maximum atomic E-state index is 12.1. The summed E-state index contributed by atoms with van der Waals surface area (Å²) in [5.74, 6) is -1.53. The van der Waals surface area contributed by atoms with E-state index in [0.717, 1.165) is 0 Å². The van der Waals surface area contributed by atoms with E-state index in [4.69, 9.17) is 5.11 Å². The van der Waals surface area contributed by atoms with Crippen LogP contribution in [0.25, 0.3) is 5.78 Å². The van der Waals surface area contributed by atoms with E-state index in [0.29, 0.717) is 23.5 Å². The number of aliphatic carboxylic acids is 1. The van der Waals surface area contributed by atoms with Gasteiger partial charge in [0, 0.05) is 12.7 Å². The Balaban J connectivity index is 2.23. The number of carbonyl (C=O) groups excluding carboxylic acids is 1. The maximum Gasteiger partial charge on any atom is 0.308 e. The topological polar surface area (TPSA) is 109 Å². The molecule has 0 aliphatic rings. The molecule has 1 atom stereocenters. The third kappa shape index (κ3) is 2.58. The van der Waals surface area contributed by atoms with Gasteiger partial charge in [-0.15, -0.1) is 0 Å². The number of fused-ring (bicyclic) bond motifs is 1. The molecule has 2 aromatic rings. The van der Waals surface area contributed by atoms with Gasteiger partial charge in [-0.1, -0.05) is 13.8 Å². The molecule has 8 nitrogen and oxygen atoms in total. The Labute approximate surface area is 114 Å². The minimum atomic E-state index is -0.953. The number of carboxylic acids is 1. The lowest BCUT2D eigenvalue weighted by molar-refractivity contribution is -0.140. The molecule has 0 spiro atoms. The van der Waals surface area contributed by atoms with Crippen molar-refractivity contribution in [2.45, 2.75) is 20.3 Å². The van der Waals surface area contributed by atoms with Crippen LogP contribution in [0, 0.1) is 5.92 Å². The number of carboxylic acid groups (broad SMARTS) is 1. The van der Waals surface area contributed by atoms with Gasteiger partial charge in [0.2, 0.25) is 0 Å². The fourth-order valence-electron chi connectivity index (χ4n) is 1.78. The van der Waals surface area contributed by atoms with Crippen LogP contribution < -0.4 is 5.32 Å². The minimum Gasteiger partial charge on any atom is -0.481 e. The highest BCUT2D eigenvalue weighted by atomic mass is 16.4. The first-order valence-electron chi connectivity index (χ1n) is 6.23. The Morgan fingerprint density at radius 1 is 1.45 bits per heavy atom. The lowest BCUT2D eigenvalue weighted by atomic mass is 10.1. The van der Waals surface area contributed by atoms with Gasteiger partial charge in [-0.3, -0.25) is 9.59 Å². The predicted octanol–water partition coefficient (Wildman–Crippen LogP) is 0.137. The Morgan fingerprint density at radius 2 is 2.20 bits per heavy atom. The molecule has 1 amide bonds. The highest BCUT2D eigenvalue weighted by molar-refractivity contribution is 5.95. The first-order chi connectivity index (χ1) is 9.54. The first kappa shape index (κ1) is 13.9. The molecule has 20 heavy (non-hydrogen) atoms. The molecular formula is C12H15N5O3. The van der Waals surface area contributed by atoms with Crippen LogP contribution >= 0.6 is 0 Å². The van der Waals surface area contributed by atoms with E-state index in [1.165, 1.54) is 24.0 Å². The van der Waals surface area contributed by atoms with Gasteiger partial charge in [0.1, 0.15) is 6.33 Å². The van der Waals surface area contributed by atoms with E-state index in [1.54, 1.807) is 0 Å². The van der Waals surface area contributed by atoms with Gasteiger partial charge in [-0.2, -0.15) is 10.1 Å². The first-order valence-corrected chi connectivity index (χ1v) is 6.23. The summed E-state index contributed by atoms with van der Waals surface area (Å²) >= 11 is 0. The summed E-state index contributed by atoms with van der Waals surface area (Å²) in [5, 5.41) is 15.4. The average molecular weight is 277 g/mol. The van der Waals surface area contributed by atoms with Crippen LogP contribution in [-0.2, 0) is 11.2 Å². The number of aryl methyl sites for hydroxylation is 1. The summed E-state index contributed by atoms with van der Waals surface area (Å²) < 4.78 is 1.51. The fraction of sp³-hybridized carbons (Fsp3) is 0.417. The molecule has 0 saturated heterocycles. The average Bonchev–Trinajstić information content (AvgIpc) is 2.91. The molecule has 0 aromatic carbocycles. The SMILES string of the molecule is CCc1c(C(=O)NCC(C)C(=O)O)cnc2ncnn12. The molecule has 2 N–H and O–H groups in total. The van der Waals surface area contributed by atoms with Crippen LogP contribution in [0.1, 0.15) is 29.9 Å². The van der Waals surface area contributed by atoms with Gasteiger partial charge < -0.3 is 10.4 Å². The number of hydrogen-bond donors (Lipinski definition) is 2. The van der Waals surface area contributed by atoms with E-state index >= 15 is 0 Å². The number of nitrogens with zero attached hydrogens (tertiary/aromatic N) is 4. The second-order valence-electron chi connectivity index (χ2n) is 4.39. The van der Waals surface area contributed by atoms with Gasteiger partial charge in [0.25, 0.3) is 11.7 Å². The van der Waals surface area contributed by atoms with Gasteiger partial charge in [-0.25, -0.2) is 9.50 Å². The second kappa shape index (κ2) is 5.64. The molecular weight excluding hydrogens is 262 g/mol. The third-order valence-corrected chi connectivity index (χ3v) is 2.98. The molecule has 8 heteroatoms. The van der Waals surface area contributed by atoms with E-state index in [-0.39, 0.29) is 12.5 Å². The van der Waals surface area contributed by atoms with Crippen LogP contribution in [0.15, 0.2) is 12.5 Å². The Kier molecular flexibility index (Phi) is 3.92. The molecule has 106 valence electrons. The minimum absolute atomic E-state index is 0.0622. The largest absolute Gasteiger partial charge is 0.481 e. The molecule has 0 aliphatic carbocycles.